The van der Waals surface area contributed by atoms with Crippen molar-refractivity contribution in [3.05, 3.63) is 39.2 Å². The molecule has 11 atom stereocenters. The Morgan fingerprint density at radius 2 is 1.65 bits per heavy atom. The lowest BCUT2D eigenvalue weighted by Crippen LogP contribution is -2.46. The van der Waals surface area contributed by atoms with Gasteiger partial charge in [-0.05, 0) is 6.92 Å². The number of methoxy groups -OCH3 is 1. The maximum atomic E-state index is 13.1. The second kappa shape index (κ2) is 15.0. The Bertz CT molecular complexity index is 2310. The van der Waals surface area contributed by atoms with Gasteiger partial charge in [-0.1, -0.05) is 4.98 Å². The first-order valence-electron chi connectivity index (χ1n) is 15.4. The Hall–Kier alpha value is -3.33. The Balaban J connectivity index is 1.08. The zero-order chi connectivity index (χ0) is 39.5. The summed E-state index contributed by atoms with van der Waals surface area (Å²) in [5.41, 5.74) is 4.48. The molecule has 4 aromatic heterocycles. The second-order valence-corrected chi connectivity index (χ2v) is 16.8. The summed E-state index contributed by atoms with van der Waals surface area (Å²) in [7, 11) is -13.2. The number of aliphatic hydroxyl groups excluding tert-OH is 3. The van der Waals surface area contributed by atoms with E-state index in [0.29, 0.717) is 0 Å². The van der Waals surface area contributed by atoms with E-state index >= 15 is 0 Å². The van der Waals surface area contributed by atoms with Gasteiger partial charge in [0.15, 0.2) is 23.7 Å². The summed E-state index contributed by atoms with van der Waals surface area (Å²) >= 11 is 0. The number of nitrogens with one attached hydrogen (secondary N) is 2. The molecule has 6 heterocycles. The number of phosphoric acid groups is 3. The Kier molecular flexibility index (Phi) is 11.2. The van der Waals surface area contributed by atoms with E-state index < -0.39 is 96.9 Å². The van der Waals surface area contributed by atoms with Crippen LogP contribution in [0.4, 0.5) is 5.95 Å². The number of hydrogen-bond acceptors (Lipinski definition) is 20. The van der Waals surface area contributed by atoms with Crippen LogP contribution in [-0.4, -0.2) is 123 Å². The molecule has 0 radical (unpaired) electrons. The molecule has 0 saturated carbocycles. The molecule has 298 valence electrons. The number of phosphoric ester groups is 2. The van der Waals surface area contributed by atoms with Gasteiger partial charge in [0.1, 0.15) is 42.4 Å². The monoisotopic (exact) mass is 830 g/mol. The highest BCUT2D eigenvalue weighted by molar-refractivity contribution is 7.67. The molecule has 4 aromatic rings. The number of nitrogens with two attached hydrogens (primary N) is 1. The van der Waals surface area contributed by atoms with E-state index in [2.05, 4.69) is 38.1 Å². The minimum atomic E-state index is -5.86. The van der Waals surface area contributed by atoms with Gasteiger partial charge in [0.2, 0.25) is 11.7 Å². The maximum absolute atomic E-state index is 13.1. The minimum absolute atomic E-state index is 0.0262. The molecule has 27 nitrogen and oxygen atoms in total. The van der Waals surface area contributed by atoms with E-state index in [0.717, 1.165) is 7.11 Å². The highest BCUT2D eigenvalue weighted by Crippen LogP contribution is 2.69. The summed E-state index contributed by atoms with van der Waals surface area (Å²) in [4.78, 5) is 62.1. The lowest BCUT2D eigenvalue weighted by molar-refractivity contribution is -0.745. The van der Waals surface area contributed by atoms with Crippen molar-refractivity contribution in [2.45, 2.75) is 56.0 Å². The van der Waals surface area contributed by atoms with Crippen LogP contribution in [0, 0.1) is 6.92 Å². The van der Waals surface area contributed by atoms with Gasteiger partial charge in [-0.15, -0.1) is 0 Å². The van der Waals surface area contributed by atoms with Crippen molar-refractivity contribution in [2.24, 2.45) is 7.05 Å². The molecule has 6 rings (SSSR count). The van der Waals surface area contributed by atoms with Gasteiger partial charge >= 0.3 is 29.1 Å². The van der Waals surface area contributed by atoms with Crippen molar-refractivity contribution in [3.63, 3.8) is 0 Å². The first kappa shape index (κ1) is 40.3. The summed E-state index contributed by atoms with van der Waals surface area (Å²) in [6, 6.07) is 0. The minimum Gasteiger partial charge on any atom is -0.387 e. The fourth-order valence-corrected chi connectivity index (χ4v) is 9.74. The number of aromatic nitrogens is 8. The highest BCUT2D eigenvalue weighted by Gasteiger charge is 2.51. The maximum Gasteiger partial charge on any atom is 0.490 e. The third kappa shape index (κ3) is 7.85. The zero-order valence-corrected chi connectivity index (χ0v) is 31.0. The van der Waals surface area contributed by atoms with Gasteiger partial charge in [0.25, 0.3) is 17.1 Å². The third-order valence-corrected chi connectivity index (χ3v) is 12.9. The number of nitrogens with zero attached hydrogens (tertiary/aromatic N) is 6. The average molecular weight is 831 g/mol. The molecule has 5 unspecified atom stereocenters. The number of hydrogen-bond donors (Lipinski definition) is 8. The van der Waals surface area contributed by atoms with Gasteiger partial charge < -0.3 is 50.0 Å². The van der Waals surface area contributed by atoms with Crippen LogP contribution in [0.1, 0.15) is 18.3 Å². The van der Waals surface area contributed by atoms with Crippen LogP contribution >= 0.6 is 23.5 Å². The van der Waals surface area contributed by atoms with Gasteiger partial charge in [0.05, 0.1) is 26.6 Å². The Morgan fingerprint density at radius 3 is 2.33 bits per heavy atom. The standard InChI is InChI=1S/C24H34N9O18P3/c1-9-27-18-12(20(37)28-9)26-7-32(18)23-16(36)17(44-3)11(49-23)6-46-52(39,40)50-53(41,42)51-54(43,45-4)47-5-10-14(34)15(35)22(48-10)33-8-31(2)13-19(33)29-24(25)30-21(13)38/h7-8,10-11,14-17,22-23,34-36H,5-6H2,1-4H3,(H5-,25,27,28,29,30,37,38,39,40,41,42)/p+1/t10-,11-,14+,15?,16+,17?,22-,23-,54?/m1/s1. The molecule has 2 fully saturated rings. The fourth-order valence-electron chi connectivity index (χ4n) is 5.89. The SMILES string of the molecule is COC1[C@@H](COP(=O)(O)OP(=O)(O)OP(=O)(OC)OC[C@H]2O[C@@H]([n+]3cn(C)c4c(=O)[nH]c(N)nc43)C(O)[C@H]2O)O[C@@H](n2cnc3c(=O)[nH]c(C)nc32)[C@H]1O. The highest BCUT2D eigenvalue weighted by atomic mass is 31.3. The van der Waals surface area contributed by atoms with Gasteiger partial charge in [-0.25, -0.2) is 28.2 Å². The normalized spacial score (nSPS) is 29.4. The third-order valence-electron chi connectivity index (χ3n) is 8.24. The lowest BCUT2D eigenvalue weighted by Gasteiger charge is -2.23. The van der Waals surface area contributed by atoms with Crippen molar-refractivity contribution in [2.75, 3.05) is 33.2 Å². The molecule has 54 heavy (non-hydrogen) atoms. The predicted octanol–water partition coefficient (Wildman–Crippen LogP) is -2.51. The first-order chi connectivity index (χ1) is 25.3. The van der Waals surface area contributed by atoms with Crippen molar-refractivity contribution in [3.8, 4) is 0 Å². The largest absolute Gasteiger partial charge is 0.490 e. The smallest absolute Gasteiger partial charge is 0.387 e. The second-order valence-electron chi connectivity index (χ2n) is 11.9. The van der Waals surface area contributed by atoms with Crippen LogP contribution in [0.2, 0.25) is 0 Å². The van der Waals surface area contributed by atoms with E-state index in [-0.39, 0.29) is 34.1 Å². The predicted molar refractivity (Wildman–Crippen MR) is 174 cm³/mol. The number of nitrogen functional groups attached to an aromatic ring is 1. The summed E-state index contributed by atoms with van der Waals surface area (Å²) < 4.78 is 82.2. The average Bonchev–Trinajstić information content (AvgIpc) is 3.80. The fraction of sp³-hybridized carbons (Fsp3) is 0.583. The number of aromatic amines is 2. The van der Waals surface area contributed by atoms with Crippen LogP contribution in [0.5, 0.6) is 0 Å². The lowest BCUT2D eigenvalue weighted by atomic mass is 10.1. The number of H-pyrrole nitrogens is 2. The molecule has 2 aliphatic rings. The molecule has 0 aliphatic carbocycles. The van der Waals surface area contributed by atoms with Crippen molar-refractivity contribution < 1.29 is 79.8 Å². The van der Waals surface area contributed by atoms with Crippen molar-refractivity contribution in [1.29, 1.82) is 0 Å². The zero-order valence-electron chi connectivity index (χ0n) is 28.3. The van der Waals surface area contributed by atoms with E-state index in [1.54, 1.807) is 0 Å². The quantitative estimate of drug-likeness (QED) is 0.0480. The summed E-state index contributed by atoms with van der Waals surface area (Å²) in [6.07, 6.45) is -9.16. The van der Waals surface area contributed by atoms with E-state index in [9.17, 15) is 48.4 Å². The molecule has 0 bridgehead atoms. The van der Waals surface area contributed by atoms with Crippen LogP contribution in [0.15, 0.2) is 22.2 Å². The topological polar surface area (TPSA) is 370 Å². The number of aryl methyl sites for hydroxylation is 2. The number of fused-ring (bicyclic) bond motifs is 2. The van der Waals surface area contributed by atoms with Gasteiger partial charge in [0, 0.05) is 14.2 Å². The molecule has 9 N–H and O–H groups in total. The van der Waals surface area contributed by atoms with Gasteiger partial charge in [-0.2, -0.15) is 8.62 Å². The van der Waals surface area contributed by atoms with Crippen molar-refractivity contribution in [1.82, 2.24) is 34.1 Å². The Morgan fingerprint density at radius 1 is 0.944 bits per heavy atom. The van der Waals surface area contributed by atoms with Gasteiger partial charge in [-0.3, -0.25) is 37.3 Å². The number of rotatable bonds is 14. The summed E-state index contributed by atoms with van der Waals surface area (Å²) in [5, 5.41) is 32.3. The van der Waals surface area contributed by atoms with E-state index in [1.807, 2.05) is 0 Å². The van der Waals surface area contributed by atoms with E-state index in [1.165, 1.54) is 47.4 Å². The number of aliphatic hydroxyl groups is 3. The molecule has 30 heteroatoms. The number of anilines is 1. The molecular weight excluding hydrogens is 795 g/mol. The van der Waals surface area contributed by atoms with Crippen LogP contribution < -0.4 is 21.4 Å². The molecular formula is C24H35N9O18P3+. The van der Waals surface area contributed by atoms with Crippen LogP contribution in [0.25, 0.3) is 22.3 Å². The summed E-state index contributed by atoms with van der Waals surface area (Å²) in [5.74, 6) is -0.0171. The molecule has 2 aliphatic heterocycles. The van der Waals surface area contributed by atoms with Crippen LogP contribution in [-0.2, 0) is 57.1 Å². The summed E-state index contributed by atoms with van der Waals surface area (Å²) in [6.45, 7) is -0.309. The molecule has 0 amide bonds. The van der Waals surface area contributed by atoms with Crippen LogP contribution in [0.3, 0.4) is 0 Å². The Labute approximate surface area is 301 Å². The number of ether oxygens (including phenoxy) is 3. The van der Waals surface area contributed by atoms with E-state index in [4.69, 9.17) is 29.0 Å². The molecule has 2 saturated heterocycles. The molecule has 0 aromatic carbocycles. The first-order valence-corrected chi connectivity index (χ1v) is 19.8. The molecule has 0 spiro atoms. The van der Waals surface area contributed by atoms with Crippen molar-refractivity contribution >= 4 is 51.7 Å². The number of imidazole rings is 2.